The lowest BCUT2D eigenvalue weighted by Crippen LogP contribution is -2.50. The molecular formula is C16H18N2O2. The highest BCUT2D eigenvalue weighted by Gasteiger charge is 2.64. The van der Waals surface area contributed by atoms with Gasteiger partial charge in [-0.05, 0) is 48.8 Å². The molecule has 0 unspecified atom stereocenters. The van der Waals surface area contributed by atoms with Crippen molar-refractivity contribution in [3.05, 3.63) is 42.1 Å². The number of benzene rings is 1. The van der Waals surface area contributed by atoms with E-state index >= 15 is 0 Å². The normalized spacial score (nSPS) is 30.4. The summed E-state index contributed by atoms with van der Waals surface area (Å²) in [6.45, 7) is 3.50. The number of carbonyl (C=O) groups is 2. The van der Waals surface area contributed by atoms with Gasteiger partial charge in [-0.15, -0.1) is 0 Å². The molecule has 4 heteroatoms. The monoisotopic (exact) mass is 270 g/mol. The third kappa shape index (κ3) is 1.75. The van der Waals surface area contributed by atoms with E-state index in [0.29, 0.717) is 6.29 Å². The lowest BCUT2D eigenvalue weighted by Gasteiger charge is -2.46. The molecule has 2 bridgehead atoms. The second-order valence-electron chi connectivity index (χ2n) is 6.13. The first-order valence-electron chi connectivity index (χ1n) is 6.81. The molecule has 3 fully saturated rings. The minimum Gasteiger partial charge on any atom is -0.399 e. The Hall–Kier alpha value is -2.10. The van der Waals surface area contributed by atoms with Crippen LogP contribution in [0.1, 0.15) is 31.2 Å². The molecule has 1 aromatic carbocycles. The van der Waals surface area contributed by atoms with Crippen molar-refractivity contribution in [2.24, 2.45) is 5.41 Å². The van der Waals surface area contributed by atoms with E-state index in [4.69, 9.17) is 5.73 Å². The largest absolute Gasteiger partial charge is 0.399 e. The molecule has 0 atom stereocenters. The number of allylic oxidation sites excluding steroid dienone is 1. The van der Waals surface area contributed by atoms with Gasteiger partial charge in [-0.25, -0.2) is 0 Å². The topological polar surface area (TPSA) is 72.2 Å². The summed E-state index contributed by atoms with van der Waals surface area (Å²) in [5.74, 6) is -0.0572. The van der Waals surface area contributed by atoms with Crippen molar-refractivity contribution >= 4 is 17.9 Å². The Bertz CT molecular complexity index is 583. The second-order valence-corrected chi connectivity index (χ2v) is 6.13. The molecule has 0 spiro atoms. The summed E-state index contributed by atoms with van der Waals surface area (Å²) in [4.78, 5) is 22.8. The van der Waals surface area contributed by atoms with Gasteiger partial charge >= 0.3 is 0 Å². The van der Waals surface area contributed by atoms with Crippen molar-refractivity contribution in [2.75, 3.05) is 5.73 Å². The van der Waals surface area contributed by atoms with Gasteiger partial charge in [0, 0.05) is 5.69 Å². The zero-order chi connectivity index (χ0) is 14.4. The van der Waals surface area contributed by atoms with Crippen LogP contribution >= 0.6 is 0 Å². The maximum atomic E-state index is 12.3. The minimum absolute atomic E-state index is 0.0572. The average molecular weight is 270 g/mol. The Morgan fingerprint density at radius 3 is 2.50 bits per heavy atom. The number of nitrogens with one attached hydrogen (secondary N) is 1. The summed E-state index contributed by atoms with van der Waals surface area (Å²) >= 11 is 0. The van der Waals surface area contributed by atoms with E-state index < -0.39 is 0 Å². The fourth-order valence-corrected chi connectivity index (χ4v) is 3.84. The van der Waals surface area contributed by atoms with Crippen molar-refractivity contribution < 1.29 is 9.59 Å². The highest BCUT2D eigenvalue weighted by Crippen LogP contribution is 2.67. The van der Waals surface area contributed by atoms with Crippen molar-refractivity contribution in [3.8, 4) is 0 Å². The van der Waals surface area contributed by atoms with E-state index in [0.717, 1.165) is 31.4 Å². The third-order valence-electron chi connectivity index (χ3n) is 4.86. The molecule has 3 aliphatic carbocycles. The summed E-state index contributed by atoms with van der Waals surface area (Å²) in [6, 6.07) is 7.95. The Morgan fingerprint density at radius 1 is 1.25 bits per heavy atom. The van der Waals surface area contributed by atoms with Gasteiger partial charge in [-0.1, -0.05) is 18.7 Å². The number of nitrogen functional groups attached to an aromatic ring is 1. The number of rotatable bonds is 4. The number of anilines is 1. The number of nitrogens with two attached hydrogens (primary N) is 1. The van der Waals surface area contributed by atoms with Crippen molar-refractivity contribution in [3.63, 3.8) is 0 Å². The molecule has 0 radical (unpaired) electrons. The van der Waals surface area contributed by atoms with Crippen LogP contribution in [0, 0.1) is 5.41 Å². The molecule has 3 N–H and O–H groups in total. The molecule has 4 rings (SSSR count). The molecule has 0 saturated heterocycles. The summed E-state index contributed by atoms with van der Waals surface area (Å²) < 4.78 is 0. The van der Waals surface area contributed by atoms with Gasteiger partial charge in [0.25, 0.3) is 0 Å². The number of carbonyl (C=O) groups excluding carboxylic acids is 2. The summed E-state index contributed by atoms with van der Waals surface area (Å²) in [7, 11) is 0. The fourth-order valence-electron chi connectivity index (χ4n) is 3.84. The highest BCUT2D eigenvalue weighted by molar-refractivity contribution is 5.91. The van der Waals surface area contributed by atoms with Gasteiger partial charge < -0.3 is 11.1 Å². The number of fused-ring (bicyclic) bond motifs is 1. The smallest absolute Gasteiger partial charge is 0.230 e. The molecule has 3 aliphatic rings. The zero-order valence-electron chi connectivity index (χ0n) is 11.3. The lowest BCUT2D eigenvalue weighted by molar-refractivity contribution is -0.135. The first kappa shape index (κ1) is 12.9. The predicted octanol–water partition coefficient (Wildman–Crippen LogP) is 1.91. The van der Waals surface area contributed by atoms with Gasteiger partial charge in [0.05, 0.1) is 11.1 Å². The minimum atomic E-state index is -0.312. The Kier molecular flexibility index (Phi) is 2.71. The number of hydrogen-bond donors (Lipinski definition) is 2. The van der Waals surface area contributed by atoms with E-state index in [9.17, 15) is 9.59 Å². The van der Waals surface area contributed by atoms with E-state index in [1.54, 1.807) is 0 Å². The van der Waals surface area contributed by atoms with Crippen LogP contribution in [-0.2, 0) is 15.0 Å². The van der Waals surface area contributed by atoms with Gasteiger partial charge in [0.1, 0.15) is 0 Å². The molecule has 0 heterocycles. The van der Waals surface area contributed by atoms with Crippen LogP contribution in [-0.4, -0.2) is 12.2 Å². The van der Waals surface area contributed by atoms with Crippen LogP contribution in [0.4, 0.5) is 5.69 Å². The molecule has 3 saturated carbocycles. The van der Waals surface area contributed by atoms with Gasteiger partial charge in [-0.3, -0.25) is 9.59 Å². The second kappa shape index (κ2) is 4.20. The first-order chi connectivity index (χ1) is 9.50. The van der Waals surface area contributed by atoms with Gasteiger partial charge in [-0.2, -0.15) is 0 Å². The Balaban J connectivity index is 1.75. The van der Waals surface area contributed by atoms with Crippen LogP contribution in [0.5, 0.6) is 0 Å². The number of hydrogen-bond acceptors (Lipinski definition) is 3. The maximum absolute atomic E-state index is 12.3. The average Bonchev–Trinajstić information content (AvgIpc) is 2.96. The first-order valence-corrected chi connectivity index (χ1v) is 6.81. The van der Waals surface area contributed by atoms with Gasteiger partial charge in [0.15, 0.2) is 6.29 Å². The maximum Gasteiger partial charge on any atom is 0.230 e. The van der Waals surface area contributed by atoms with E-state index in [1.165, 1.54) is 5.56 Å². The molecule has 20 heavy (non-hydrogen) atoms. The summed E-state index contributed by atoms with van der Waals surface area (Å²) in [5.41, 5.74) is 7.69. The van der Waals surface area contributed by atoms with E-state index in [1.807, 2.05) is 12.1 Å². The van der Waals surface area contributed by atoms with Crippen LogP contribution in [0.3, 0.4) is 0 Å². The molecule has 1 aromatic rings. The summed E-state index contributed by atoms with van der Waals surface area (Å²) in [5, 5.41) is 2.61. The van der Waals surface area contributed by atoms with Crippen LogP contribution in [0.15, 0.2) is 36.5 Å². The van der Waals surface area contributed by atoms with E-state index in [-0.39, 0.29) is 22.4 Å². The Labute approximate surface area is 118 Å². The standard InChI is InChI=1S/C16H18N2O2/c1-11(8-19)18-14(20)16-7-6-15(9-16,10-16)12-2-4-13(17)5-3-12/h2-5,8H,1,6-7,9-10,17H2,(H,18,20). The lowest BCUT2D eigenvalue weighted by atomic mass is 9.57. The molecule has 4 nitrogen and oxygen atoms in total. The van der Waals surface area contributed by atoms with Crippen LogP contribution in [0.25, 0.3) is 0 Å². The van der Waals surface area contributed by atoms with Crippen LogP contribution < -0.4 is 11.1 Å². The number of aldehydes is 1. The summed E-state index contributed by atoms with van der Waals surface area (Å²) in [6.07, 6.45) is 4.16. The highest BCUT2D eigenvalue weighted by atomic mass is 16.2. The third-order valence-corrected chi connectivity index (χ3v) is 4.86. The quantitative estimate of drug-likeness (QED) is 0.498. The Morgan fingerprint density at radius 2 is 1.90 bits per heavy atom. The molecule has 0 aliphatic heterocycles. The van der Waals surface area contributed by atoms with Gasteiger partial charge in [0.2, 0.25) is 5.91 Å². The van der Waals surface area contributed by atoms with E-state index in [2.05, 4.69) is 24.0 Å². The van der Waals surface area contributed by atoms with Crippen molar-refractivity contribution in [1.29, 1.82) is 0 Å². The molecule has 1 amide bonds. The number of amides is 1. The molecule has 104 valence electrons. The van der Waals surface area contributed by atoms with Crippen LogP contribution in [0.2, 0.25) is 0 Å². The van der Waals surface area contributed by atoms with Crippen molar-refractivity contribution in [2.45, 2.75) is 31.1 Å². The van der Waals surface area contributed by atoms with Crippen molar-refractivity contribution in [1.82, 2.24) is 5.32 Å². The fraction of sp³-hybridized carbons (Fsp3) is 0.375. The predicted molar refractivity (Wildman–Crippen MR) is 76.8 cm³/mol. The molecular weight excluding hydrogens is 252 g/mol. The zero-order valence-corrected chi connectivity index (χ0v) is 11.3. The molecule has 0 aromatic heterocycles. The SMILES string of the molecule is C=C(C=O)NC(=O)C12CCC(c3ccc(N)cc3)(C1)C2.